The lowest BCUT2D eigenvalue weighted by Crippen LogP contribution is -2.34. The Morgan fingerprint density at radius 1 is 1.19 bits per heavy atom. The molecule has 0 aromatic heterocycles. The van der Waals surface area contributed by atoms with Crippen LogP contribution in [0.4, 0.5) is 0 Å². The number of rotatable bonds is 4. The first kappa shape index (κ1) is 12.0. The lowest BCUT2D eigenvalue weighted by molar-refractivity contribution is 0.203. The van der Waals surface area contributed by atoms with Gasteiger partial charge in [0, 0.05) is 17.2 Å². The zero-order valence-electron chi connectivity index (χ0n) is 10.1. The van der Waals surface area contributed by atoms with Crippen LogP contribution < -0.4 is 0 Å². The predicted molar refractivity (Wildman–Crippen MR) is 72.0 cm³/mol. The van der Waals surface area contributed by atoms with E-state index in [0.717, 1.165) is 5.92 Å². The third-order valence-electron chi connectivity index (χ3n) is 3.30. The Hall–Kier alpha value is -0.470. The standard InChI is InChI=1S/C14H21NS/c1-13-7-9-15(10-8-13)11-12-16-14-5-3-2-4-6-14/h2-6,13H,7-12H2,1H3. The molecule has 0 saturated carbocycles. The second-order valence-corrected chi connectivity index (χ2v) is 5.85. The number of piperidine rings is 1. The first-order chi connectivity index (χ1) is 7.84. The Kier molecular flexibility index (Phi) is 4.73. The lowest BCUT2D eigenvalue weighted by atomic mass is 9.99. The zero-order valence-corrected chi connectivity index (χ0v) is 10.9. The molecule has 16 heavy (non-hydrogen) atoms. The number of hydrogen-bond acceptors (Lipinski definition) is 2. The fourth-order valence-corrected chi connectivity index (χ4v) is 3.03. The van der Waals surface area contributed by atoms with Gasteiger partial charge < -0.3 is 4.90 Å². The van der Waals surface area contributed by atoms with Crippen molar-refractivity contribution in [2.75, 3.05) is 25.4 Å². The highest BCUT2D eigenvalue weighted by atomic mass is 32.2. The van der Waals surface area contributed by atoms with Gasteiger partial charge in [-0.2, -0.15) is 0 Å². The van der Waals surface area contributed by atoms with E-state index >= 15 is 0 Å². The van der Waals surface area contributed by atoms with E-state index in [1.165, 1.54) is 43.1 Å². The largest absolute Gasteiger partial charge is 0.302 e. The summed E-state index contributed by atoms with van der Waals surface area (Å²) in [6, 6.07) is 10.7. The van der Waals surface area contributed by atoms with Crippen molar-refractivity contribution in [1.82, 2.24) is 4.90 Å². The SMILES string of the molecule is CC1CCN(CCSc2ccccc2)CC1. The molecule has 1 heterocycles. The summed E-state index contributed by atoms with van der Waals surface area (Å²) in [5.74, 6) is 2.16. The Balaban J connectivity index is 1.65. The summed E-state index contributed by atoms with van der Waals surface area (Å²) in [6.07, 6.45) is 2.77. The minimum atomic E-state index is 0.943. The van der Waals surface area contributed by atoms with Crippen molar-refractivity contribution in [3.05, 3.63) is 30.3 Å². The molecule has 1 aliphatic heterocycles. The Morgan fingerprint density at radius 2 is 1.88 bits per heavy atom. The molecule has 1 fully saturated rings. The molecule has 88 valence electrons. The van der Waals surface area contributed by atoms with Crippen LogP contribution in [0.1, 0.15) is 19.8 Å². The van der Waals surface area contributed by atoms with Gasteiger partial charge in [-0.25, -0.2) is 0 Å². The molecule has 1 saturated heterocycles. The molecule has 0 radical (unpaired) electrons. The Bertz CT molecular complexity index is 291. The van der Waals surface area contributed by atoms with E-state index in [9.17, 15) is 0 Å². The highest BCUT2D eigenvalue weighted by Crippen LogP contribution is 2.19. The van der Waals surface area contributed by atoms with Crippen molar-refractivity contribution in [3.8, 4) is 0 Å². The first-order valence-electron chi connectivity index (χ1n) is 6.25. The van der Waals surface area contributed by atoms with Gasteiger partial charge in [0.05, 0.1) is 0 Å². The van der Waals surface area contributed by atoms with Crippen LogP contribution in [0.25, 0.3) is 0 Å². The molecule has 1 aromatic rings. The van der Waals surface area contributed by atoms with Crippen molar-refractivity contribution in [1.29, 1.82) is 0 Å². The van der Waals surface area contributed by atoms with Crippen LogP contribution in [-0.4, -0.2) is 30.3 Å². The summed E-state index contributed by atoms with van der Waals surface area (Å²) < 4.78 is 0. The van der Waals surface area contributed by atoms with Crippen molar-refractivity contribution >= 4 is 11.8 Å². The Labute approximate surface area is 103 Å². The quantitative estimate of drug-likeness (QED) is 0.735. The van der Waals surface area contributed by atoms with Gasteiger partial charge in [-0.1, -0.05) is 25.1 Å². The van der Waals surface area contributed by atoms with E-state index in [2.05, 4.69) is 42.2 Å². The molecule has 1 aliphatic rings. The van der Waals surface area contributed by atoms with Crippen LogP contribution in [0.15, 0.2) is 35.2 Å². The number of thioether (sulfide) groups is 1. The van der Waals surface area contributed by atoms with Crippen LogP contribution in [0.3, 0.4) is 0 Å². The van der Waals surface area contributed by atoms with Crippen molar-refractivity contribution < 1.29 is 0 Å². The van der Waals surface area contributed by atoms with Gasteiger partial charge in [0.2, 0.25) is 0 Å². The Morgan fingerprint density at radius 3 is 2.56 bits per heavy atom. The summed E-state index contributed by atoms with van der Waals surface area (Å²) in [4.78, 5) is 4.00. The summed E-state index contributed by atoms with van der Waals surface area (Å²) in [6.45, 7) is 6.22. The molecule has 0 spiro atoms. The average molecular weight is 235 g/mol. The second-order valence-electron chi connectivity index (χ2n) is 4.69. The molecule has 0 atom stereocenters. The topological polar surface area (TPSA) is 3.24 Å². The molecule has 0 bridgehead atoms. The maximum absolute atomic E-state index is 2.61. The molecule has 0 N–H and O–H groups in total. The van der Waals surface area contributed by atoms with Crippen LogP contribution in [0, 0.1) is 5.92 Å². The molecule has 1 nitrogen and oxygen atoms in total. The number of nitrogens with zero attached hydrogens (tertiary/aromatic N) is 1. The summed E-state index contributed by atoms with van der Waals surface area (Å²) in [5.41, 5.74) is 0. The van der Waals surface area contributed by atoms with Crippen molar-refractivity contribution in [3.63, 3.8) is 0 Å². The van der Waals surface area contributed by atoms with E-state index < -0.39 is 0 Å². The zero-order chi connectivity index (χ0) is 11.2. The third-order valence-corrected chi connectivity index (χ3v) is 4.29. The molecular weight excluding hydrogens is 214 g/mol. The van der Waals surface area contributed by atoms with Crippen LogP contribution in [0.2, 0.25) is 0 Å². The van der Waals surface area contributed by atoms with Gasteiger partial charge in [0.1, 0.15) is 0 Å². The van der Waals surface area contributed by atoms with Crippen molar-refractivity contribution in [2.24, 2.45) is 5.92 Å². The van der Waals surface area contributed by atoms with Crippen molar-refractivity contribution in [2.45, 2.75) is 24.7 Å². The smallest absolute Gasteiger partial charge is 0.0108 e. The molecule has 0 amide bonds. The van der Waals surface area contributed by atoms with Gasteiger partial charge in [-0.3, -0.25) is 0 Å². The molecule has 2 rings (SSSR count). The van der Waals surface area contributed by atoms with E-state index in [4.69, 9.17) is 0 Å². The predicted octanol–water partition coefficient (Wildman–Crippen LogP) is 3.51. The van der Waals surface area contributed by atoms with E-state index in [1.807, 2.05) is 11.8 Å². The molecular formula is C14H21NS. The molecule has 0 aliphatic carbocycles. The normalized spacial score (nSPS) is 18.8. The maximum atomic E-state index is 2.61. The fourth-order valence-electron chi connectivity index (χ4n) is 2.09. The maximum Gasteiger partial charge on any atom is 0.0108 e. The number of hydrogen-bond donors (Lipinski definition) is 0. The molecule has 1 aromatic carbocycles. The monoisotopic (exact) mass is 235 g/mol. The highest BCUT2D eigenvalue weighted by molar-refractivity contribution is 7.99. The van der Waals surface area contributed by atoms with E-state index in [0.29, 0.717) is 0 Å². The van der Waals surface area contributed by atoms with Gasteiger partial charge in [-0.15, -0.1) is 11.8 Å². The van der Waals surface area contributed by atoms with Gasteiger partial charge in [0.15, 0.2) is 0 Å². The summed E-state index contributed by atoms with van der Waals surface area (Å²) in [7, 11) is 0. The minimum absolute atomic E-state index is 0.943. The fraction of sp³-hybridized carbons (Fsp3) is 0.571. The average Bonchev–Trinajstić information content (AvgIpc) is 2.33. The van der Waals surface area contributed by atoms with Crippen LogP contribution in [0.5, 0.6) is 0 Å². The summed E-state index contributed by atoms with van der Waals surface area (Å²) >= 11 is 1.97. The van der Waals surface area contributed by atoms with Gasteiger partial charge in [-0.05, 0) is 44.0 Å². The van der Waals surface area contributed by atoms with E-state index in [1.54, 1.807) is 0 Å². The first-order valence-corrected chi connectivity index (χ1v) is 7.23. The van der Waals surface area contributed by atoms with Crippen LogP contribution in [-0.2, 0) is 0 Å². The lowest BCUT2D eigenvalue weighted by Gasteiger charge is -2.29. The van der Waals surface area contributed by atoms with Crippen LogP contribution >= 0.6 is 11.8 Å². The minimum Gasteiger partial charge on any atom is -0.302 e. The van der Waals surface area contributed by atoms with E-state index in [-0.39, 0.29) is 0 Å². The van der Waals surface area contributed by atoms with Gasteiger partial charge in [0.25, 0.3) is 0 Å². The number of benzene rings is 1. The second kappa shape index (κ2) is 6.31. The third kappa shape index (κ3) is 3.84. The molecule has 0 unspecified atom stereocenters. The molecule has 2 heteroatoms. The number of likely N-dealkylation sites (tertiary alicyclic amines) is 1. The summed E-state index contributed by atoms with van der Waals surface area (Å²) in [5, 5.41) is 0. The highest BCUT2D eigenvalue weighted by Gasteiger charge is 2.14. The van der Waals surface area contributed by atoms with Gasteiger partial charge >= 0.3 is 0 Å².